The van der Waals surface area contributed by atoms with Crippen LogP contribution in [0.4, 0.5) is 17.6 Å². The molecule has 0 saturated carbocycles. The summed E-state index contributed by atoms with van der Waals surface area (Å²) < 4.78 is 82.0. The van der Waals surface area contributed by atoms with Gasteiger partial charge in [-0.25, -0.2) is 13.0 Å². The van der Waals surface area contributed by atoms with Crippen molar-refractivity contribution >= 4 is 43.1 Å². The van der Waals surface area contributed by atoms with E-state index in [1.165, 1.54) is 39.0 Å². The molecule has 0 aliphatic rings. The van der Waals surface area contributed by atoms with Gasteiger partial charge in [-0.2, -0.15) is 18.4 Å². The molecule has 0 aromatic heterocycles. The number of nitriles is 1. The van der Waals surface area contributed by atoms with Crippen molar-refractivity contribution in [3.8, 4) is 6.07 Å². The number of benzene rings is 1. The number of rotatable bonds is 7. The molecule has 1 aromatic rings. The number of hydrogen-bond donors (Lipinski definition) is 0. The molecule has 1 aromatic carbocycles. The molecule has 0 radical (unpaired) electrons. The molecule has 11 heteroatoms. The van der Waals surface area contributed by atoms with Gasteiger partial charge in [0.25, 0.3) is 0 Å². The highest BCUT2D eigenvalue weighted by molar-refractivity contribution is 14.1. The Hall–Kier alpha value is -0.740. The van der Waals surface area contributed by atoms with Gasteiger partial charge in [0.1, 0.15) is 17.1 Å². The molecule has 31 heavy (non-hydrogen) atoms. The third-order valence-electron chi connectivity index (χ3n) is 4.74. The number of alkyl halides is 3. The van der Waals surface area contributed by atoms with Crippen LogP contribution in [-0.4, -0.2) is 42.1 Å². The second-order valence-corrected chi connectivity index (χ2v) is 15.4. The first-order valence-corrected chi connectivity index (χ1v) is 13.4. The predicted octanol–water partition coefficient (Wildman–Crippen LogP) is 5.57. The van der Waals surface area contributed by atoms with Gasteiger partial charge in [0.15, 0.2) is 0 Å². The molecule has 0 N–H and O–H groups in total. The lowest BCUT2D eigenvalue weighted by Gasteiger charge is -2.36. The highest BCUT2D eigenvalue weighted by Crippen LogP contribution is 2.36. The van der Waals surface area contributed by atoms with E-state index in [-0.39, 0.29) is 11.3 Å². The summed E-state index contributed by atoms with van der Waals surface area (Å²) >= 11 is 1.96. The van der Waals surface area contributed by atoms with E-state index >= 15 is 0 Å². The topological polar surface area (TPSA) is 70.3 Å². The van der Waals surface area contributed by atoms with Gasteiger partial charge in [-0.3, -0.25) is 4.21 Å². The third kappa shape index (κ3) is 7.39. The molecule has 176 valence electrons. The predicted molar refractivity (Wildman–Crippen MR) is 125 cm³/mol. The van der Waals surface area contributed by atoms with Crippen molar-refractivity contribution in [2.45, 2.75) is 62.6 Å². The minimum Gasteiger partial charge on any atom is -0.259 e. The zero-order valence-corrected chi connectivity index (χ0v) is 22.1. The lowest BCUT2D eigenvalue weighted by molar-refractivity contribution is -0.117. The Labute approximate surface area is 198 Å². The molecule has 0 fully saturated rings. The van der Waals surface area contributed by atoms with Gasteiger partial charge in [-0.15, -0.1) is 0 Å². The first-order chi connectivity index (χ1) is 13.8. The molecule has 1 rings (SSSR count). The van der Waals surface area contributed by atoms with E-state index in [4.69, 9.17) is 0 Å². The Kier molecular flexibility index (Phi) is 8.79. The fourth-order valence-electron chi connectivity index (χ4n) is 2.73. The number of hydrogen-bond acceptors (Lipinski definition) is 4. The van der Waals surface area contributed by atoms with E-state index in [1.54, 1.807) is 26.8 Å². The fourth-order valence-corrected chi connectivity index (χ4v) is 7.01. The monoisotopic (exact) mass is 594 g/mol. The van der Waals surface area contributed by atoms with Crippen LogP contribution in [0, 0.1) is 20.7 Å². The summed E-state index contributed by atoms with van der Waals surface area (Å²) in [5.74, 6) is -1.36. The summed E-state index contributed by atoms with van der Waals surface area (Å²) in [6.45, 7) is 7.49. The molecule has 3 atom stereocenters. The SMILES string of the molecule is CC(C)(C)[S@@](=O)C[C@@](C)(C[S@](=O)(=NCC(F)(F)F)C(C)(C)C#N)c1cc(I)ccc1F. The van der Waals surface area contributed by atoms with Crippen LogP contribution in [0.3, 0.4) is 0 Å². The molecule has 4 nitrogen and oxygen atoms in total. The average molecular weight is 594 g/mol. The lowest BCUT2D eigenvalue weighted by Crippen LogP contribution is -2.46. The van der Waals surface area contributed by atoms with Crippen LogP contribution in [0.15, 0.2) is 22.6 Å². The maximum atomic E-state index is 14.9. The van der Waals surface area contributed by atoms with Gasteiger partial charge in [0.05, 0.1) is 15.8 Å². The molecule has 0 unspecified atom stereocenters. The Bertz CT molecular complexity index is 1000. The summed E-state index contributed by atoms with van der Waals surface area (Å²) in [5, 5.41) is 9.53. The minimum atomic E-state index is -4.72. The van der Waals surface area contributed by atoms with Crippen LogP contribution in [-0.2, 0) is 25.9 Å². The molecule has 0 saturated heterocycles. The van der Waals surface area contributed by atoms with Gasteiger partial charge >= 0.3 is 6.18 Å². The highest BCUT2D eigenvalue weighted by Gasteiger charge is 2.44. The van der Waals surface area contributed by atoms with E-state index in [0.29, 0.717) is 3.57 Å². The van der Waals surface area contributed by atoms with Crippen molar-refractivity contribution in [3.63, 3.8) is 0 Å². The second kappa shape index (κ2) is 9.63. The first kappa shape index (κ1) is 28.3. The smallest absolute Gasteiger partial charge is 0.259 e. The van der Waals surface area contributed by atoms with Crippen LogP contribution in [0.2, 0.25) is 0 Å². The lowest BCUT2D eigenvalue weighted by atomic mass is 9.86. The summed E-state index contributed by atoms with van der Waals surface area (Å²) in [6, 6.07) is 6.02. The largest absolute Gasteiger partial charge is 0.408 e. The van der Waals surface area contributed by atoms with E-state index in [9.17, 15) is 31.2 Å². The molecule has 0 aliphatic heterocycles. The zero-order valence-electron chi connectivity index (χ0n) is 18.3. The van der Waals surface area contributed by atoms with E-state index in [2.05, 4.69) is 4.36 Å². The fraction of sp³-hybridized carbons (Fsp3) is 0.650. The van der Waals surface area contributed by atoms with E-state index < -0.39 is 59.7 Å². The van der Waals surface area contributed by atoms with Gasteiger partial charge in [-0.1, -0.05) is 6.92 Å². The van der Waals surface area contributed by atoms with Crippen LogP contribution in [0.25, 0.3) is 0 Å². The Morgan fingerprint density at radius 1 is 1.16 bits per heavy atom. The van der Waals surface area contributed by atoms with Gasteiger partial charge in [-0.05, 0) is 81.0 Å². The van der Waals surface area contributed by atoms with Crippen molar-refractivity contribution in [2.24, 2.45) is 4.36 Å². The quantitative estimate of drug-likeness (QED) is 0.307. The maximum Gasteiger partial charge on any atom is 0.408 e. The zero-order chi connectivity index (χ0) is 24.5. The van der Waals surface area contributed by atoms with Gasteiger partial charge < -0.3 is 0 Å². The Morgan fingerprint density at radius 3 is 2.16 bits per heavy atom. The number of halogens is 5. The molecular weight excluding hydrogens is 567 g/mol. The van der Waals surface area contributed by atoms with Gasteiger partial charge in [0.2, 0.25) is 0 Å². The minimum absolute atomic E-state index is 0.0840. The van der Waals surface area contributed by atoms with Gasteiger partial charge in [0, 0.05) is 36.0 Å². The van der Waals surface area contributed by atoms with E-state index in [0.717, 1.165) is 0 Å². The van der Waals surface area contributed by atoms with E-state index in [1.807, 2.05) is 22.6 Å². The van der Waals surface area contributed by atoms with Crippen molar-refractivity contribution in [1.29, 1.82) is 5.26 Å². The standard InChI is InChI=1S/C20H27F4IN2O2S2/c1-17(2,3)30(28)12-19(6,15-9-14(25)7-8-16(15)21)13-31(29,18(4,5)10-26)27-11-20(22,23)24/h7-9H,11-13H2,1-6H3/t19-,30-,31+/m0/s1. The van der Waals surface area contributed by atoms with Crippen molar-refractivity contribution in [2.75, 3.05) is 18.1 Å². The first-order valence-electron chi connectivity index (χ1n) is 9.28. The van der Waals surface area contributed by atoms with Crippen molar-refractivity contribution in [3.05, 3.63) is 33.1 Å². The van der Waals surface area contributed by atoms with Crippen molar-refractivity contribution in [1.82, 2.24) is 0 Å². The van der Waals surface area contributed by atoms with Crippen LogP contribution in [0.1, 0.15) is 47.1 Å². The van der Waals surface area contributed by atoms with Crippen LogP contribution >= 0.6 is 22.6 Å². The normalized spacial score (nSPS) is 17.9. The molecule has 0 aliphatic carbocycles. The summed E-state index contributed by atoms with van der Waals surface area (Å²) in [7, 11) is -5.38. The summed E-state index contributed by atoms with van der Waals surface area (Å²) in [4.78, 5) is 0. The summed E-state index contributed by atoms with van der Waals surface area (Å²) in [6.07, 6.45) is -4.72. The second-order valence-electron chi connectivity index (χ2n) is 9.10. The number of nitrogens with zero attached hydrogens (tertiary/aromatic N) is 2. The molecule has 0 spiro atoms. The maximum absolute atomic E-state index is 14.9. The van der Waals surface area contributed by atoms with Crippen LogP contribution < -0.4 is 0 Å². The molecule has 0 bridgehead atoms. The molecular formula is C20H27F4IN2O2S2. The van der Waals surface area contributed by atoms with Crippen molar-refractivity contribution < 1.29 is 26.0 Å². The summed E-state index contributed by atoms with van der Waals surface area (Å²) in [5.41, 5.74) is -1.32. The molecule has 0 amide bonds. The third-order valence-corrected chi connectivity index (χ3v) is 10.9. The average Bonchev–Trinajstić information content (AvgIpc) is 2.60. The Balaban J connectivity index is 3.78. The Morgan fingerprint density at radius 2 is 1.71 bits per heavy atom. The molecule has 0 heterocycles. The van der Waals surface area contributed by atoms with Crippen LogP contribution in [0.5, 0.6) is 0 Å². The highest BCUT2D eigenvalue weighted by atomic mass is 127.